The fourth-order valence-electron chi connectivity index (χ4n) is 3.19. The molecular formula is C19H20N4O2. The van der Waals surface area contributed by atoms with Gasteiger partial charge in [0.25, 0.3) is 0 Å². The smallest absolute Gasteiger partial charge is 0.224 e. The summed E-state index contributed by atoms with van der Waals surface area (Å²) in [5, 5.41) is 4.08. The lowest BCUT2D eigenvalue weighted by Crippen LogP contribution is -2.39. The Bertz CT molecular complexity index is 870. The van der Waals surface area contributed by atoms with E-state index in [0.717, 1.165) is 53.8 Å². The molecule has 0 aliphatic carbocycles. The minimum Gasteiger partial charge on any atom is -0.381 e. The molecule has 3 aromatic rings. The van der Waals surface area contributed by atoms with E-state index in [4.69, 9.17) is 4.74 Å². The van der Waals surface area contributed by atoms with Crippen LogP contribution in [0, 0.1) is 0 Å². The lowest BCUT2D eigenvalue weighted by atomic mass is 10.1. The highest BCUT2D eigenvalue weighted by Gasteiger charge is 2.17. The first-order chi connectivity index (χ1) is 12.3. The zero-order chi connectivity index (χ0) is 17.1. The van der Waals surface area contributed by atoms with Crippen LogP contribution < -0.4 is 5.32 Å². The maximum atomic E-state index is 12.4. The number of nitrogens with one attached hydrogen (secondary N) is 2. The molecule has 1 amide bonds. The summed E-state index contributed by atoms with van der Waals surface area (Å²) in [7, 11) is 0. The SMILES string of the molecule is O=C(Cc1c[nH]c2ncc(-c3cccnc3)cc12)NC1CCOCC1. The van der Waals surface area contributed by atoms with E-state index in [1.807, 2.05) is 30.7 Å². The molecule has 0 radical (unpaired) electrons. The maximum Gasteiger partial charge on any atom is 0.224 e. The van der Waals surface area contributed by atoms with Crippen LogP contribution in [0.2, 0.25) is 0 Å². The molecule has 1 saturated heterocycles. The van der Waals surface area contributed by atoms with Gasteiger partial charge in [-0.25, -0.2) is 4.98 Å². The van der Waals surface area contributed by atoms with Crippen molar-refractivity contribution < 1.29 is 9.53 Å². The van der Waals surface area contributed by atoms with E-state index in [-0.39, 0.29) is 11.9 Å². The average molecular weight is 336 g/mol. The zero-order valence-electron chi connectivity index (χ0n) is 13.9. The molecule has 1 fully saturated rings. The minimum atomic E-state index is 0.0413. The van der Waals surface area contributed by atoms with Crippen molar-refractivity contribution >= 4 is 16.9 Å². The monoisotopic (exact) mass is 336 g/mol. The largest absolute Gasteiger partial charge is 0.381 e. The summed E-state index contributed by atoms with van der Waals surface area (Å²) in [5.74, 6) is 0.0413. The molecule has 0 bridgehead atoms. The van der Waals surface area contributed by atoms with Crippen molar-refractivity contribution in [1.29, 1.82) is 0 Å². The molecule has 0 aromatic carbocycles. The molecule has 25 heavy (non-hydrogen) atoms. The molecule has 0 spiro atoms. The second-order valence-corrected chi connectivity index (χ2v) is 6.31. The van der Waals surface area contributed by atoms with E-state index in [0.29, 0.717) is 6.42 Å². The van der Waals surface area contributed by atoms with E-state index in [9.17, 15) is 4.79 Å². The summed E-state index contributed by atoms with van der Waals surface area (Å²) in [6.07, 6.45) is 9.36. The number of fused-ring (bicyclic) bond motifs is 1. The Balaban J connectivity index is 1.54. The van der Waals surface area contributed by atoms with Crippen molar-refractivity contribution in [3.63, 3.8) is 0 Å². The Kier molecular flexibility index (Phi) is 4.43. The van der Waals surface area contributed by atoms with Crippen LogP contribution in [0.1, 0.15) is 18.4 Å². The number of hydrogen-bond acceptors (Lipinski definition) is 4. The summed E-state index contributed by atoms with van der Waals surface area (Å²) in [4.78, 5) is 24.2. The third kappa shape index (κ3) is 3.53. The first-order valence-electron chi connectivity index (χ1n) is 8.53. The molecule has 0 saturated carbocycles. The van der Waals surface area contributed by atoms with Gasteiger partial charge in [-0.2, -0.15) is 0 Å². The first-order valence-corrected chi connectivity index (χ1v) is 8.53. The number of amides is 1. The Labute approximate surface area is 145 Å². The molecule has 4 heterocycles. The molecule has 6 heteroatoms. The summed E-state index contributed by atoms with van der Waals surface area (Å²) in [5.41, 5.74) is 3.75. The van der Waals surface area contributed by atoms with Gasteiger partial charge in [-0.05, 0) is 30.5 Å². The lowest BCUT2D eigenvalue weighted by Gasteiger charge is -2.23. The third-order valence-electron chi connectivity index (χ3n) is 4.55. The first kappa shape index (κ1) is 15.8. The van der Waals surface area contributed by atoms with Crippen LogP contribution in [-0.2, 0) is 16.0 Å². The van der Waals surface area contributed by atoms with Gasteiger partial charge in [0.1, 0.15) is 5.65 Å². The van der Waals surface area contributed by atoms with Gasteiger partial charge in [-0.15, -0.1) is 0 Å². The van der Waals surface area contributed by atoms with Crippen molar-refractivity contribution in [2.75, 3.05) is 13.2 Å². The predicted octanol–water partition coefficient (Wildman–Crippen LogP) is 2.46. The number of H-pyrrole nitrogens is 1. The second-order valence-electron chi connectivity index (χ2n) is 6.31. The van der Waals surface area contributed by atoms with Crippen LogP contribution in [0.4, 0.5) is 0 Å². The van der Waals surface area contributed by atoms with Gasteiger partial charge in [0, 0.05) is 60.6 Å². The number of carbonyl (C=O) groups is 1. The van der Waals surface area contributed by atoms with Gasteiger partial charge in [-0.3, -0.25) is 9.78 Å². The maximum absolute atomic E-state index is 12.4. The van der Waals surface area contributed by atoms with Crippen molar-refractivity contribution in [1.82, 2.24) is 20.3 Å². The summed E-state index contributed by atoms with van der Waals surface area (Å²) in [6.45, 7) is 1.44. The van der Waals surface area contributed by atoms with Gasteiger partial charge in [0.05, 0.1) is 6.42 Å². The molecule has 4 rings (SSSR count). The molecule has 6 nitrogen and oxygen atoms in total. The Morgan fingerprint density at radius 1 is 1.28 bits per heavy atom. The molecule has 1 aliphatic rings. The molecule has 0 atom stereocenters. The molecule has 3 aromatic heterocycles. The molecule has 2 N–H and O–H groups in total. The van der Waals surface area contributed by atoms with Gasteiger partial charge in [-0.1, -0.05) is 6.07 Å². The number of ether oxygens (including phenoxy) is 1. The Morgan fingerprint density at radius 3 is 2.96 bits per heavy atom. The van der Waals surface area contributed by atoms with E-state index >= 15 is 0 Å². The molecule has 1 aliphatic heterocycles. The highest BCUT2D eigenvalue weighted by atomic mass is 16.5. The Morgan fingerprint density at radius 2 is 2.16 bits per heavy atom. The lowest BCUT2D eigenvalue weighted by molar-refractivity contribution is -0.121. The van der Waals surface area contributed by atoms with Crippen LogP contribution in [0.15, 0.2) is 43.0 Å². The number of hydrogen-bond donors (Lipinski definition) is 2. The summed E-state index contributed by atoms with van der Waals surface area (Å²) in [6, 6.07) is 6.18. The predicted molar refractivity (Wildman–Crippen MR) is 95.0 cm³/mol. The van der Waals surface area contributed by atoms with Crippen LogP contribution in [0.3, 0.4) is 0 Å². The van der Waals surface area contributed by atoms with Crippen molar-refractivity contribution in [2.45, 2.75) is 25.3 Å². The molecule has 128 valence electrons. The molecule has 0 unspecified atom stereocenters. The molecular weight excluding hydrogens is 316 g/mol. The standard InChI is InChI=1S/C19H20N4O2/c24-18(23-16-3-6-25-7-4-16)9-15-12-22-19-17(15)8-14(11-21-19)13-2-1-5-20-10-13/h1-2,5,8,10-12,16H,3-4,6-7,9H2,(H,21,22)(H,23,24). The van der Waals surface area contributed by atoms with Gasteiger partial charge < -0.3 is 15.0 Å². The van der Waals surface area contributed by atoms with Crippen LogP contribution in [0.5, 0.6) is 0 Å². The highest BCUT2D eigenvalue weighted by Crippen LogP contribution is 2.24. The second kappa shape index (κ2) is 7.03. The number of rotatable bonds is 4. The number of carbonyl (C=O) groups excluding carboxylic acids is 1. The van der Waals surface area contributed by atoms with Crippen LogP contribution in [-0.4, -0.2) is 40.1 Å². The van der Waals surface area contributed by atoms with Crippen molar-refractivity contribution in [3.8, 4) is 11.1 Å². The zero-order valence-corrected chi connectivity index (χ0v) is 13.9. The van der Waals surface area contributed by atoms with Crippen LogP contribution >= 0.6 is 0 Å². The number of aromatic amines is 1. The van der Waals surface area contributed by atoms with E-state index < -0.39 is 0 Å². The topological polar surface area (TPSA) is 79.9 Å². The third-order valence-corrected chi connectivity index (χ3v) is 4.55. The van der Waals surface area contributed by atoms with E-state index in [2.05, 4.69) is 26.3 Å². The fourth-order valence-corrected chi connectivity index (χ4v) is 3.19. The van der Waals surface area contributed by atoms with E-state index in [1.165, 1.54) is 0 Å². The van der Waals surface area contributed by atoms with Gasteiger partial charge >= 0.3 is 0 Å². The number of aromatic nitrogens is 3. The summed E-state index contributed by atoms with van der Waals surface area (Å²) < 4.78 is 5.33. The van der Waals surface area contributed by atoms with Gasteiger partial charge in [0.15, 0.2) is 0 Å². The van der Waals surface area contributed by atoms with Crippen LogP contribution in [0.25, 0.3) is 22.2 Å². The fraction of sp³-hybridized carbons (Fsp3) is 0.316. The highest BCUT2D eigenvalue weighted by molar-refractivity contribution is 5.89. The Hall–Kier alpha value is -2.73. The quantitative estimate of drug-likeness (QED) is 0.767. The summed E-state index contributed by atoms with van der Waals surface area (Å²) >= 11 is 0. The van der Waals surface area contributed by atoms with Gasteiger partial charge in [0.2, 0.25) is 5.91 Å². The van der Waals surface area contributed by atoms with Crippen molar-refractivity contribution in [2.24, 2.45) is 0 Å². The number of nitrogens with zero attached hydrogens (tertiary/aromatic N) is 2. The average Bonchev–Trinajstić information content (AvgIpc) is 3.05. The number of pyridine rings is 2. The normalized spacial score (nSPS) is 15.4. The van der Waals surface area contributed by atoms with E-state index in [1.54, 1.807) is 6.20 Å². The minimum absolute atomic E-state index is 0.0413. The van der Waals surface area contributed by atoms with Crippen molar-refractivity contribution in [3.05, 3.63) is 48.5 Å².